The van der Waals surface area contributed by atoms with E-state index in [9.17, 15) is 4.39 Å². The number of nitrogen functional groups attached to an aromatic ring is 2. The van der Waals surface area contributed by atoms with Crippen molar-refractivity contribution in [3.63, 3.8) is 0 Å². The quantitative estimate of drug-likeness (QED) is 0.510. The van der Waals surface area contributed by atoms with Crippen molar-refractivity contribution in [3.8, 4) is 5.75 Å². The molecule has 0 aliphatic heterocycles. The number of fused-ring (bicyclic) bond motifs is 2. The zero-order valence-corrected chi connectivity index (χ0v) is 14.1. The molecule has 9 heteroatoms. The van der Waals surface area contributed by atoms with E-state index in [2.05, 4.69) is 15.2 Å². The van der Waals surface area contributed by atoms with Crippen LogP contribution in [0.5, 0.6) is 5.75 Å². The van der Waals surface area contributed by atoms with Gasteiger partial charge >= 0.3 is 0 Å². The fourth-order valence-electron chi connectivity index (χ4n) is 2.53. The summed E-state index contributed by atoms with van der Waals surface area (Å²) >= 11 is 0. The van der Waals surface area contributed by atoms with E-state index in [4.69, 9.17) is 16.2 Å². The maximum absolute atomic E-state index is 13.7. The highest BCUT2D eigenvalue weighted by atomic mass is 19.1. The number of anilines is 2. The number of hydrogen-bond acceptors (Lipinski definition) is 6. The van der Waals surface area contributed by atoms with Crippen molar-refractivity contribution in [2.24, 2.45) is 14.1 Å². The molecule has 0 aliphatic carbocycles. The Morgan fingerprint density at radius 2 is 1.72 bits per heavy atom. The zero-order chi connectivity index (χ0) is 18.1. The van der Waals surface area contributed by atoms with Gasteiger partial charge in [-0.3, -0.25) is 9.36 Å². The Kier molecular flexibility index (Phi) is 4.14. The van der Waals surface area contributed by atoms with Gasteiger partial charge in [-0.1, -0.05) is 0 Å². The smallest absolute Gasteiger partial charge is 0.195 e. The summed E-state index contributed by atoms with van der Waals surface area (Å²) in [4.78, 5) is 3.92. The van der Waals surface area contributed by atoms with Gasteiger partial charge in [0.25, 0.3) is 0 Å². The molecule has 4 N–H and O–H groups in total. The van der Waals surface area contributed by atoms with Crippen LogP contribution in [0.1, 0.15) is 0 Å². The van der Waals surface area contributed by atoms with Crippen molar-refractivity contribution in [3.05, 3.63) is 36.5 Å². The van der Waals surface area contributed by atoms with Crippen LogP contribution in [-0.2, 0) is 14.1 Å². The van der Waals surface area contributed by atoms with Gasteiger partial charge in [0.2, 0.25) is 0 Å². The molecule has 0 unspecified atom stereocenters. The number of ether oxygens (including phenoxy) is 1. The molecule has 0 bridgehead atoms. The molecular weight excluding hydrogens is 325 g/mol. The van der Waals surface area contributed by atoms with E-state index >= 15 is 0 Å². The van der Waals surface area contributed by atoms with Gasteiger partial charge in [0, 0.05) is 37.3 Å². The average molecular weight is 343 g/mol. The number of aromatic nitrogens is 5. The molecule has 0 atom stereocenters. The van der Waals surface area contributed by atoms with Gasteiger partial charge in [0.1, 0.15) is 16.9 Å². The van der Waals surface area contributed by atoms with Crippen LogP contribution in [0.3, 0.4) is 0 Å². The normalized spacial score (nSPS) is 10.7. The molecule has 3 heterocycles. The van der Waals surface area contributed by atoms with Crippen LogP contribution < -0.4 is 16.2 Å². The predicted octanol–water partition coefficient (Wildman–Crippen LogP) is 1.85. The number of aryl methyl sites for hydroxylation is 2. The maximum atomic E-state index is 13.7. The first-order valence-electron chi connectivity index (χ1n) is 7.39. The molecule has 0 aliphatic rings. The predicted molar refractivity (Wildman–Crippen MR) is 94.6 cm³/mol. The minimum absolute atomic E-state index is 0.0520. The Morgan fingerprint density at radius 3 is 2.44 bits per heavy atom. The second kappa shape index (κ2) is 6.27. The summed E-state index contributed by atoms with van der Waals surface area (Å²) in [6, 6.07) is 3.45. The molecule has 0 fully saturated rings. The topological polar surface area (TPSA) is 110 Å². The third-order valence-electron chi connectivity index (χ3n) is 3.57. The number of nitrogens with zero attached hydrogens (tertiary/aromatic N) is 5. The van der Waals surface area contributed by atoms with Crippen molar-refractivity contribution >= 4 is 33.3 Å². The summed E-state index contributed by atoms with van der Waals surface area (Å²) in [5.74, 6) is 0.0739. The van der Waals surface area contributed by atoms with Crippen LogP contribution in [0.15, 0.2) is 30.7 Å². The average Bonchev–Trinajstić information content (AvgIpc) is 3.09. The van der Waals surface area contributed by atoms with E-state index in [0.717, 1.165) is 10.9 Å². The lowest BCUT2D eigenvalue weighted by molar-refractivity contribution is 0.391. The van der Waals surface area contributed by atoms with Gasteiger partial charge in [-0.05, 0) is 12.1 Å². The van der Waals surface area contributed by atoms with Crippen LogP contribution in [0.4, 0.5) is 15.9 Å². The summed E-state index contributed by atoms with van der Waals surface area (Å²) < 4.78 is 21.8. The number of nitrogens with two attached hydrogens (primary N) is 2. The lowest BCUT2D eigenvalue weighted by atomic mass is 10.2. The zero-order valence-electron chi connectivity index (χ0n) is 14.1. The number of benzene rings is 1. The standard InChI is InChI=1S/C9H10FN3O.C7H8N4/c1-13-4-5-3-6(11)9(14-2)7(10)8(5)12-13;1-11-4-5-2-7(8)9-3-6(5)10-11/h3-4H,11H2,1-2H3;2-4H,8H2,1H3. The summed E-state index contributed by atoms with van der Waals surface area (Å²) in [7, 11) is 4.97. The van der Waals surface area contributed by atoms with Gasteiger partial charge in [-0.2, -0.15) is 10.2 Å². The molecule has 0 amide bonds. The number of rotatable bonds is 1. The number of methoxy groups -OCH3 is 1. The number of pyridine rings is 1. The van der Waals surface area contributed by atoms with E-state index in [1.54, 1.807) is 30.2 Å². The van der Waals surface area contributed by atoms with Gasteiger partial charge in [-0.25, -0.2) is 9.37 Å². The molecule has 0 saturated carbocycles. The molecule has 0 saturated heterocycles. The van der Waals surface area contributed by atoms with Crippen LogP contribution in [0, 0.1) is 5.82 Å². The molecule has 8 nitrogen and oxygen atoms in total. The van der Waals surface area contributed by atoms with E-state index < -0.39 is 5.82 Å². The maximum Gasteiger partial charge on any atom is 0.195 e. The monoisotopic (exact) mass is 343 g/mol. The van der Waals surface area contributed by atoms with Crippen molar-refractivity contribution in [2.75, 3.05) is 18.6 Å². The molecule has 1 aromatic carbocycles. The Morgan fingerprint density at radius 1 is 1.04 bits per heavy atom. The van der Waals surface area contributed by atoms with Crippen LogP contribution >= 0.6 is 0 Å². The first-order chi connectivity index (χ1) is 11.9. The first-order valence-corrected chi connectivity index (χ1v) is 7.39. The summed E-state index contributed by atoms with van der Waals surface area (Å²) in [5.41, 5.74) is 12.5. The highest BCUT2D eigenvalue weighted by Gasteiger charge is 2.14. The molecule has 3 aromatic heterocycles. The Bertz CT molecular complexity index is 1050. The molecule has 130 valence electrons. The van der Waals surface area contributed by atoms with Gasteiger partial charge in [0.05, 0.1) is 19.0 Å². The molecular formula is C16H18FN7O. The van der Waals surface area contributed by atoms with Crippen molar-refractivity contribution < 1.29 is 9.13 Å². The first kappa shape index (κ1) is 16.5. The largest absolute Gasteiger partial charge is 0.492 e. The highest BCUT2D eigenvalue weighted by molar-refractivity contribution is 5.85. The summed E-state index contributed by atoms with van der Waals surface area (Å²) in [6.07, 6.45) is 5.28. The third kappa shape index (κ3) is 3.16. The number of hydrogen-bond donors (Lipinski definition) is 2. The second-order valence-corrected chi connectivity index (χ2v) is 5.52. The summed E-state index contributed by atoms with van der Waals surface area (Å²) in [5, 5.41) is 9.82. The van der Waals surface area contributed by atoms with Crippen molar-refractivity contribution in [2.45, 2.75) is 0 Å². The third-order valence-corrected chi connectivity index (χ3v) is 3.57. The van der Waals surface area contributed by atoms with Crippen molar-refractivity contribution in [1.82, 2.24) is 24.5 Å². The van der Waals surface area contributed by atoms with Crippen LogP contribution in [-0.4, -0.2) is 31.7 Å². The fraction of sp³-hybridized carbons (Fsp3) is 0.188. The highest BCUT2D eigenvalue weighted by Crippen LogP contribution is 2.31. The minimum Gasteiger partial charge on any atom is -0.492 e. The number of halogens is 1. The Balaban J connectivity index is 0.000000150. The molecule has 0 radical (unpaired) electrons. The summed E-state index contributed by atoms with van der Waals surface area (Å²) in [6.45, 7) is 0. The minimum atomic E-state index is -0.511. The lowest BCUT2D eigenvalue weighted by Crippen LogP contribution is -1.96. The second-order valence-electron chi connectivity index (χ2n) is 5.52. The van der Waals surface area contributed by atoms with E-state index in [1.807, 2.05) is 19.3 Å². The molecule has 25 heavy (non-hydrogen) atoms. The van der Waals surface area contributed by atoms with Gasteiger partial charge in [-0.15, -0.1) is 0 Å². The van der Waals surface area contributed by atoms with E-state index in [-0.39, 0.29) is 17.0 Å². The Hall–Kier alpha value is -3.36. The molecule has 0 spiro atoms. The van der Waals surface area contributed by atoms with Gasteiger partial charge in [0.15, 0.2) is 11.6 Å². The van der Waals surface area contributed by atoms with E-state index in [0.29, 0.717) is 11.2 Å². The van der Waals surface area contributed by atoms with Crippen LogP contribution in [0.2, 0.25) is 0 Å². The lowest BCUT2D eigenvalue weighted by Gasteiger charge is -2.04. The molecule has 4 rings (SSSR count). The van der Waals surface area contributed by atoms with Gasteiger partial charge < -0.3 is 16.2 Å². The van der Waals surface area contributed by atoms with Crippen molar-refractivity contribution in [1.29, 1.82) is 0 Å². The fourth-order valence-corrected chi connectivity index (χ4v) is 2.53. The Labute approximate surface area is 142 Å². The SMILES string of the molecule is COc1c(N)cc2cn(C)nc2c1F.Cn1cc2cc(N)ncc2n1. The molecule has 4 aromatic rings. The van der Waals surface area contributed by atoms with Crippen LogP contribution in [0.25, 0.3) is 21.8 Å². The van der Waals surface area contributed by atoms with E-state index in [1.165, 1.54) is 11.8 Å².